The number of anilines is 1. The molecule has 1 fully saturated rings. The van der Waals surface area contributed by atoms with Crippen molar-refractivity contribution < 1.29 is 19.1 Å². The van der Waals surface area contributed by atoms with Crippen LogP contribution >= 0.6 is 0 Å². The molecular formula is C21H31N3O4. The minimum atomic E-state index is -0.822. The van der Waals surface area contributed by atoms with E-state index in [0.717, 1.165) is 29.7 Å². The lowest BCUT2D eigenvalue weighted by Gasteiger charge is -2.34. The molecule has 2 amide bonds. The summed E-state index contributed by atoms with van der Waals surface area (Å²) in [5, 5.41) is 5.92. The van der Waals surface area contributed by atoms with Crippen molar-refractivity contribution in [1.29, 1.82) is 0 Å². The maximum absolute atomic E-state index is 12.8. The highest BCUT2D eigenvalue weighted by Gasteiger charge is 2.35. The average Bonchev–Trinajstić information content (AvgIpc) is 2.62. The van der Waals surface area contributed by atoms with E-state index in [4.69, 9.17) is 4.74 Å². The van der Waals surface area contributed by atoms with E-state index in [1.807, 2.05) is 27.7 Å². The Labute approximate surface area is 166 Å². The van der Waals surface area contributed by atoms with Gasteiger partial charge in [0.05, 0.1) is 19.6 Å². The number of hydrogen-bond acceptors (Lipinski definition) is 5. The van der Waals surface area contributed by atoms with Crippen LogP contribution in [0.4, 0.5) is 5.69 Å². The van der Waals surface area contributed by atoms with Crippen LogP contribution in [0.2, 0.25) is 0 Å². The first-order chi connectivity index (χ1) is 13.3. The Morgan fingerprint density at radius 2 is 1.93 bits per heavy atom. The molecule has 0 aliphatic carbocycles. The summed E-state index contributed by atoms with van der Waals surface area (Å²) in [4.78, 5) is 38.6. The molecule has 1 aliphatic heterocycles. The van der Waals surface area contributed by atoms with Crippen molar-refractivity contribution in [1.82, 2.24) is 10.2 Å². The van der Waals surface area contributed by atoms with Crippen molar-refractivity contribution >= 4 is 23.5 Å². The van der Waals surface area contributed by atoms with E-state index < -0.39 is 12.0 Å². The molecule has 0 radical (unpaired) electrons. The second-order valence-electron chi connectivity index (χ2n) is 7.30. The molecule has 1 unspecified atom stereocenters. The van der Waals surface area contributed by atoms with Crippen molar-refractivity contribution in [2.75, 3.05) is 31.6 Å². The second kappa shape index (κ2) is 10.1. The molecule has 1 heterocycles. The molecule has 154 valence electrons. The quantitative estimate of drug-likeness (QED) is 0.525. The van der Waals surface area contributed by atoms with E-state index in [1.165, 1.54) is 10.5 Å². The minimum Gasteiger partial charge on any atom is -0.466 e. The number of hydrogen-bond donors (Lipinski definition) is 2. The molecule has 28 heavy (non-hydrogen) atoms. The number of nitrogens with zero attached hydrogens (tertiary/aromatic N) is 1. The molecule has 0 spiro atoms. The van der Waals surface area contributed by atoms with Crippen molar-refractivity contribution in [3.05, 3.63) is 28.8 Å². The Morgan fingerprint density at radius 3 is 2.57 bits per heavy atom. The van der Waals surface area contributed by atoms with Crippen LogP contribution in [0.3, 0.4) is 0 Å². The van der Waals surface area contributed by atoms with Gasteiger partial charge in [-0.25, -0.2) is 0 Å². The van der Waals surface area contributed by atoms with Crippen LogP contribution in [0.5, 0.6) is 0 Å². The van der Waals surface area contributed by atoms with E-state index in [-0.39, 0.29) is 24.8 Å². The van der Waals surface area contributed by atoms with E-state index in [0.29, 0.717) is 19.7 Å². The topological polar surface area (TPSA) is 87.7 Å². The molecule has 7 nitrogen and oxygen atoms in total. The molecule has 1 saturated heterocycles. The Kier molecular flexibility index (Phi) is 7.84. The number of unbranched alkanes of at least 4 members (excludes halogenated alkanes) is 1. The molecule has 2 N–H and O–H groups in total. The molecule has 1 aliphatic rings. The maximum atomic E-state index is 12.8. The third-order valence-corrected chi connectivity index (χ3v) is 4.87. The number of nitrogens with one attached hydrogen (secondary N) is 2. The predicted octanol–water partition coefficient (Wildman–Crippen LogP) is 2.08. The van der Waals surface area contributed by atoms with Gasteiger partial charge in [0.1, 0.15) is 6.04 Å². The first kappa shape index (κ1) is 21.7. The molecule has 0 aromatic heterocycles. The van der Waals surface area contributed by atoms with Crippen LogP contribution in [0.1, 0.15) is 42.9 Å². The molecule has 1 aromatic carbocycles. The average molecular weight is 389 g/mol. The van der Waals surface area contributed by atoms with Gasteiger partial charge < -0.3 is 20.3 Å². The van der Waals surface area contributed by atoms with E-state index in [2.05, 4.69) is 22.8 Å². The SMILES string of the molecule is CCCCOC(=O)CC1C(=O)NCCN1C(=O)CNc1c(C)cc(C)cc1C. The molecular weight excluding hydrogens is 358 g/mol. The fraction of sp³-hybridized carbons (Fsp3) is 0.571. The Hall–Kier alpha value is -2.57. The number of esters is 1. The number of carbonyl (C=O) groups is 3. The summed E-state index contributed by atoms with van der Waals surface area (Å²) in [6, 6.07) is 3.30. The van der Waals surface area contributed by atoms with Crippen molar-refractivity contribution in [3.8, 4) is 0 Å². The largest absolute Gasteiger partial charge is 0.466 e. The number of piperazine rings is 1. The Morgan fingerprint density at radius 1 is 1.25 bits per heavy atom. The van der Waals surface area contributed by atoms with Gasteiger partial charge in [-0.05, 0) is 38.3 Å². The fourth-order valence-electron chi connectivity index (χ4n) is 3.49. The van der Waals surface area contributed by atoms with Crippen LogP contribution in [0.25, 0.3) is 0 Å². The van der Waals surface area contributed by atoms with Gasteiger partial charge in [-0.1, -0.05) is 31.0 Å². The summed E-state index contributed by atoms with van der Waals surface area (Å²) >= 11 is 0. The summed E-state index contributed by atoms with van der Waals surface area (Å²) in [6.45, 7) is 9.20. The van der Waals surface area contributed by atoms with Crippen LogP contribution in [-0.2, 0) is 19.1 Å². The number of aryl methyl sites for hydroxylation is 3. The summed E-state index contributed by atoms with van der Waals surface area (Å²) in [6.07, 6.45) is 1.58. The van der Waals surface area contributed by atoms with Gasteiger partial charge in [0, 0.05) is 18.8 Å². The lowest BCUT2D eigenvalue weighted by Crippen LogP contribution is -2.58. The van der Waals surface area contributed by atoms with Gasteiger partial charge in [0.15, 0.2) is 0 Å². The zero-order chi connectivity index (χ0) is 20.7. The standard InChI is InChI=1S/C21H31N3O4/c1-5-6-9-28-19(26)12-17-21(27)22-7-8-24(17)18(25)13-23-20-15(3)10-14(2)11-16(20)4/h10-11,17,23H,5-9,12-13H2,1-4H3,(H,22,27). The van der Waals surface area contributed by atoms with E-state index in [1.54, 1.807) is 0 Å². The lowest BCUT2D eigenvalue weighted by atomic mass is 10.0. The first-order valence-electron chi connectivity index (χ1n) is 9.88. The van der Waals surface area contributed by atoms with Gasteiger partial charge in [-0.3, -0.25) is 14.4 Å². The summed E-state index contributed by atoms with van der Waals surface area (Å²) < 4.78 is 5.16. The summed E-state index contributed by atoms with van der Waals surface area (Å²) in [5.74, 6) is -0.971. The van der Waals surface area contributed by atoms with Crippen LogP contribution in [0.15, 0.2) is 12.1 Å². The normalized spacial score (nSPS) is 16.5. The van der Waals surface area contributed by atoms with Crippen LogP contribution < -0.4 is 10.6 Å². The third-order valence-electron chi connectivity index (χ3n) is 4.87. The highest BCUT2D eigenvalue weighted by molar-refractivity contribution is 5.93. The third kappa shape index (κ3) is 5.71. The zero-order valence-corrected chi connectivity index (χ0v) is 17.3. The molecule has 0 saturated carbocycles. The fourth-order valence-corrected chi connectivity index (χ4v) is 3.49. The smallest absolute Gasteiger partial charge is 0.308 e. The molecule has 2 rings (SSSR count). The van der Waals surface area contributed by atoms with Crippen molar-refractivity contribution in [2.24, 2.45) is 0 Å². The number of carbonyl (C=O) groups excluding carboxylic acids is 3. The molecule has 1 aromatic rings. The molecule has 0 bridgehead atoms. The monoisotopic (exact) mass is 389 g/mol. The van der Waals surface area contributed by atoms with Gasteiger partial charge in [0.25, 0.3) is 0 Å². The zero-order valence-electron chi connectivity index (χ0n) is 17.3. The second-order valence-corrected chi connectivity index (χ2v) is 7.30. The molecule has 1 atom stereocenters. The number of rotatable bonds is 8. The number of ether oxygens (including phenoxy) is 1. The number of amides is 2. The number of benzene rings is 1. The maximum Gasteiger partial charge on any atom is 0.308 e. The highest BCUT2D eigenvalue weighted by Crippen LogP contribution is 2.22. The van der Waals surface area contributed by atoms with Crippen LogP contribution in [0, 0.1) is 20.8 Å². The van der Waals surface area contributed by atoms with E-state index >= 15 is 0 Å². The van der Waals surface area contributed by atoms with E-state index in [9.17, 15) is 14.4 Å². The van der Waals surface area contributed by atoms with Gasteiger partial charge in [0.2, 0.25) is 11.8 Å². The predicted molar refractivity (Wildman–Crippen MR) is 108 cm³/mol. The van der Waals surface area contributed by atoms with Gasteiger partial charge in [-0.15, -0.1) is 0 Å². The Bertz CT molecular complexity index is 709. The summed E-state index contributed by atoms with van der Waals surface area (Å²) in [5.41, 5.74) is 4.23. The van der Waals surface area contributed by atoms with Gasteiger partial charge >= 0.3 is 5.97 Å². The molecule has 7 heteroatoms. The lowest BCUT2D eigenvalue weighted by molar-refractivity contribution is -0.151. The highest BCUT2D eigenvalue weighted by atomic mass is 16.5. The van der Waals surface area contributed by atoms with Gasteiger partial charge in [-0.2, -0.15) is 0 Å². The minimum absolute atomic E-state index is 0.0689. The first-order valence-corrected chi connectivity index (χ1v) is 9.88. The Balaban J connectivity index is 2.01. The van der Waals surface area contributed by atoms with Crippen molar-refractivity contribution in [2.45, 2.75) is 53.0 Å². The van der Waals surface area contributed by atoms with Crippen molar-refractivity contribution in [3.63, 3.8) is 0 Å². The van der Waals surface area contributed by atoms with Crippen LogP contribution in [-0.4, -0.2) is 55.0 Å². The summed E-state index contributed by atoms with van der Waals surface area (Å²) in [7, 11) is 0.